The Morgan fingerprint density at radius 1 is 0.339 bits per heavy atom. The molecule has 6 heteroatoms. The Kier molecular flexibility index (Phi) is 43.2. The average molecular weight is 793 g/mol. The Bertz CT molecular complexity index is 841. The first-order valence-corrected chi connectivity index (χ1v) is 24.9. The van der Waals surface area contributed by atoms with E-state index in [4.69, 9.17) is 14.2 Å². The highest BCUT2D eigenvalue weighted by Crippen LogP contribution is 2.17. The molecule has 0 unspecified atom stereocenters. The molecule has 0 fully saturated rings. The van der Waals surface area contributed by atoms with Gasteiger partial charge in [-0.1, -0.05) is 240 Å². The molecule has 332 valence electrons. The standard InChI is InChI=1S/C50H96O6/c1-5-7-9-11-13-14-26-30-33-37-41-48(51)54-44-47(56-50(53)43-39-35-28-12-10-8-6-2)45-55-49(52)42-38-34-31-27-24-22-20-18-16-15-17-19-21-23-25-29-32-36-40-46(3)4/h46-47H,5-45H2,1-4H3/t47-/m1/s1. The minimum Gasteiger partial charge on any atom is -0.462 e. The molecule has 0 rings (SSSR count). The molecule has 0 bridgehead atoms. The number of unbranched alkanes of at least 4 members (excludes halogenated alkanes) is 32. The van der Waals surface area contributed by atoms with Gasteiger partial charge >= 0.3 is 17.9 Å². The van der Waals surface area contributed by atoms with Crippen molar-refractivity contribution in [3.05, 3.63) is 0 Å². The number of hydrogen-bond acceptors (Lipinski definition) is 6. The zero-order chi connectivity index (χ0) is 41.0. The molecule has 0 amide bonds. The van der Waals surface area contributed by atoms with E-state index in [1.54, 1.807) is 0 Å². The molecule has 0 aromatic rings. The van der Waals surface area contributed by atoms with E-state index in [0.717, 1.165) is 63.7 Å². The summed E-state index contributed by atoms with van der Waals surface area (Å²) < 4.78 is 16.7. The summed E-state index contributed by atoms with van der Waals surface area (Å²) in [5, 5.41) is 0. The Morgan fingerprint density at radius 3 is 0.875 bits per heavy atom. The lowest BCUT2D eigenvalue weighted by Crippen LogP contribution is -2.30. The third kappa shape index (κ3) is 43.5. The molecule has 0 heterocycles. The zero-order valence-corrected chi connectivity index (χ0v) is 38.1. The number of esters is 3. The number of hydrogen-bond donors (Lipinski definition) is 0. The van der Waals surface area contributed by atoms with Crippen LogP contribution in [0.5, 0.6) is 0 Å². The molecule has 0 spiro atoms. The normalized spacial score (nSPS) is 11.9. The average Bonchev–Trinajstić information content (AvgIpc) is 3.18. The molecule has 0 saturated carbocycles. The van der Waals surface area contributed by atoms with E-state index >= 15 is 0 Å². The molecule has 56 heavy (non-hydrogen) atoms. The van der Waals surface area contributed by atoms with Gasteiger partial charge in [0.05, 0.1) is 0 Å². The molecule has 0 saturated heterocycles. The summed E-state index contributed by atoms with van der Waals surface area (Å²) in [6.45, 7) is 8.98. The van der Waals surface area contributed by atoms with Crippen molar-refractivity contribution in [1.82, 2.24) is 0 Å². The number of carbonyl (C=O) groups is 3. The summed E-state index contributed by atoms with van der Waals surface area (Å²) in [4.78, 5) is 37.6. The van der Waals surface area contributed by atoms with Crippen molar-refractivity contribution in [2.24, 2.45) is 5.92 Å². The Balaban J connectivity index is 4.08. The van der Waals surface area contributed by atoms with Crippen LogP contribution in [0.25, 0.3) is 0 Å². The van der Waals surface area contributed by atoms with Gasteiger partial charge in [-0.15, -0.1) is 0 Å². The highest BCUT2D eigenvalue weighted by Gasteiger charge is 2.19. The van der Waals surface area contributed by atoms with Crippen LogP contribution in [0.15, 0.2) is 0 Å². The summed E-state index contributed by atoms with van der Waals surface area (Å²) in [6.07, 6.45) is 45.4. The molecule has 0 aliphatic rings. The van der Waals surface area contributed by atoms with Gasteiger partial charge in [-0.3, -0.25) is 14.4 Å². The SMILES string of the molecule is CCCCCCCCCCCCC(=O)OC[C@H](COC(=O)CCCCCCCCCCCCCCCCCCCCC(C)C)OC(=O)CCCCCCCCC. The quantitative estimate of drug-likeness (QED) is 0.0347. The second kappa shape index (κ2) is 44.5. The van der Waals surface area contributed by atoms with Crippen LogP contribution in [-0.4, -0.2) is 37.2 Å². The van der Waals surface area contributed by atoms with E-state index < -0.39 is 6.10 Å². The van der Waals surface area contributed by atoms with Crippen LogP contribution in [-0.2, 0) is 28.6 Å². The minimum absolute atomic E-state index is 0.0637. The number of rotatable bonds is 45. The van der Waals surface area contributed by atoms with Crippen molar-refractivity contribution in [2.45, 2.75) is 284 Å². The molecule has 0 N–H and O–H groups in total. The van der Waals surface area contributed by atoms with Crippen LogP contribution < -0.4 is 0 Å². The minimum atomic E-state index is -0.758. The topological polar surface area (TPSA) is 78.9 Å². The largest absolute Gasteiger partial charge is 0.462 e. The molecule has 0 aromatic carbocycles. The van der Waals surface area contributed by atoms with Gasteiger partial charge in [0.2, 0.25) is 0 Å². The van der Waals surface area contributed by atoms with Crippen molar-refractivity contribution in [3.63, 3.8) is 0 Å². The molecular formula is C50H96O6. The first kappa shape index (κ1) is 54.4. The second-order valence-electron chi connectivity index (χ2n) is 17.6. The van der Waals surface area contributed by atoms with Crippen molar-refractivity contribution < 1.29 is 28.6 Å². The van der Waals surface area contributed by atoms with Gasteiger partial charge < -0.3 is 14.2 Å². The molecule has 6 nitrogen and oxygen atoms in total. The van der Waals surface area contributed by atoms with Gasteiger partial charge in [0, 0.05) is 19.3 Å². The second-order valence-corrected chi connectivity index (χ2v) is 17.6. The monoisotopic (exact) mass is 793 g/mol. The maximum atomic E-state index is 12.6. The van der Waals surface area contributed by atoms with E-state index in [2.05, 4.69) is 27.7 Å². The summed E-state index contributed by atoms with van der Waals surface area (Å²) in [7, 11) is 0. The lowest BCUT2D eigenvalue weighted by Gasteiger charge is -2.18. The lowest BCUT2D eigenvalue weighted by atomic mass is 10.0. The number of carbonyl (C=O) groups excluding carboxylic acids is 3. The molecule has 0 radical (unpaired) electrons. The van der Waals surface area contributed by atoms with Crippen LogP contribution in [0.4, 0.5) is 0 Å². The Hall–Kier alpha value is -1.59. The van der Waals surface area contributed by atoms with E-state index in [1.165, 1.54) is 173 Å². The van der Waals surface area contributed by atoms with Gasteiger partial charge in [-0.2, -0.15) is 0 Å². The maximum absolute atomic E-state index is 12.6. The first-order valence-electron chi connectivity index (χ1n) is 24.9. The zero-order valence-electron chi connectivity index (χ0n) is 38.1. The van der Waals surface area contributed by atoms with Crippen molar-refractivity contribution in [1.29, 1.82) is 0 Å². The summed E-state index contributed by atoms with van der Waals surface area (Å²) in [6, 6.07) is 0. The van der Waals surface area contributed by atoms with Crippen LogP contribution in [0.1, 0.15) is 278 Å². The van der Waals surface area contributed by atoms with Gasteiger partial charge in [-0.05, 0) is 25.2 Å². The predicted molar refractivity (Wildman–Crippen MR) is 238 cm³/mol. The van der Waals surface area contributed by atoms with Crippen LogP contribution in [0, 0.1) is 5.92 Å². The molecule has 1 atom stereocenters. The Labute approximate surface area is 348 Å². The third-order valence-corrected chi connectivity index (χ3v) is 11.3. The van der Waals surface area contributed by atoms with Crippen LogP contribution >= 0.6 is 0 Å². The van der Waals surface area contributed by atoms with Crippen molar-refractivity contribution >= 4 is 17.9 Å². The highest BCUT2D eigenvalue weighted by atomic mass is 16.6. The van der Waals surface area contributed by atoms with E-state index in [-0.39, 0.29) is 31.1 Å². The lowest BCUT2D eigenvalue weighted by molar-refractivity contribution is -0.167. The van der Waals surface area contributed by atoms with Crippen LogP contribution in [0.3, 0.4) is 0 Å². The predicted octanol–water partition coefficient (Wildman–Crippen LogP) is 15.9. The fourth-order valence-electron chi connectivity index (χ4n) is 7.51. The van der Waals surface area contributed by atoms with Gasteiger partial charge in [0.25, 0.3) is 0 Å². The van der Waals surface area contributed by atoms with Gasteiger partial charge in [0.15, 0.2) is 6.10 Å². The molecule has 0 aromatic heterocycles. The van der Waals surface area contributed by atoms with Crippen molar-refractivity contribution in [3.8, 4) is 0 Å². The third-order valence-electron chi connectivity index (χ3n) is 11.3. The Morgan fingerprint density at radius 2 is 0.589 bits per heavy atom. The van der Waals surface area contributed by atoms with E-state index in [1.807, 2.05) is 0 Å². The summed E-state index contributed by atoms with van der Waals surface area (Å²) in [5.41, 5.74) is 0. The van der Waals surface area contributed by atoms with Crippen molar-refractivity contribution in [2.75, 3.05) is 13.2 Å². The molecule has 0 aliphatic heterocycles. The fourth-order valence-corrected chi connectivity index (χ4v) is 7.51. The van der Waals surface area contributed by atoms with Crippen LogP contribution in [0.2, 0.25) is 0 Å². The maximum Gasteiger partial charge on any atom is 0.306 e. The van der Waals surface area contributed by atoms with E-state index in [9.17, 15) is 14.4 Å². The van der Waals surface area contributed by atoms with E-state index in [0.29, 0.717) is 19.3 Å². The molecule has 0 aliphatic carbocycles. The first-order chi connectivity index (χ1) is 27.4. The van der Waals surface area contributed by atoms with Gasteiger partial charge in [-0.25, -0.2) is 0 Å². The summed E-state index contributed by atoms with van der Waals surface area (Å²) in [5.74, 6) is 0.00216. The molecular weight excluding hydrogens is 697 g/mol. The highest BCUT2D eigenvalue weighted by molar-refractivity contribution is 5.71. The summed E-state index contributed by atoms with van der Waals surface area (Å²) >= 11 is 0. The fraction of sp³-hybridized carbons (Fsp3) is 0.940. The smallest absolute Gasteiger partial charge is 0.306 e. The van der Waals surface area contributed by atoms with Gasteiger partial charge in [0.1, 0.15) is 13.2 Å². The number of ether oxygens (including phenoxy) is 3.